The molecule has 0 unspecified atom stereocenters. The van der Waals surface area contributed by atoms with E-state index < -0.39 is 0 Å². The van der Waals surface area contributed by atoms with Crippen LogP contribution >= 0.6 is 24.0 Å². The van der Waals surface area contributed by atoms with E-state index in [1.165, 1.54) is 18.4 Å². The van der Waals surface area contributed by atoms with Crippen molar-refractivity contribution in [2.75, 3.05) is 51.2 Å². The van der Waals surface area contributed by atoms with Gasteiger partial charge in [0.05, 0.1) is 0 Å². The van der Waals surface area contributed by atoms with E-state index in [1.54, 1.807) is 0 Å². The van der Waals surface area contributed by atoms with Gasteiger partial charge in [-0.3, -0.25) is 4.99 Å². The van der Waals surface area contributed by atoms with Crippen LogP contribution in [0.2, 0.25) is 0 Å². The molecule has 0 aromatic carbocycles. The topological polar surface area (TPSA) is 55.8 Å². The summed E-state index contributed by atoms with van der Waals surface area (Å²) in [4.78, 5) is 13.8. The molecule has 0 spiro atoms. The number of hydrogen-bond acceptors (Lipinski definition) is 4. The number of aromatic nitrogens is 1. The fourth-order valence-corrected chi connectivity index (χ4v) is 2.97. The number of pyridine rings is 1. The largest absolute Gasteiger partial charge is 0.356 e. The molecule has 1 saturated carbocycles. The number of hydrogen-bond donors (Lipinski definition) is 2. The smallest absolute Gasteiger partial charge is 0.191 e. The third-order valence-corrected chi connectivity index (χ3v) is 4.89. The summed E-state index contributed by atoms with van der Waals surface area (Å²) in [5.41, 5.74) is 1.18. The van der Waals surface area contributed by atoms with Crippen LogP contribution in [0, 0.1) is 5.92 Å². The summed E-state index contributed by atoms with van der Waals surface area (Å²) >= 11 is 0. The molecule has 1 aromatic rings. The number of nitrogens with one attached hydrogen (secondary N) is 2. The van der Waals surface area contributed by atoms with Gasteiger partial charge in [-0.15, -0.1) is 24.0 Å². The zero-order valence-corrected chi connectivity index (χ0v) is 17.7. The summed E-state index contributed by atoms with van der Waals surface area (Å²) in [5.74, 6) is 2.81. The van der Waals surface area contributed by atoms with Crippen molar-refractivity contribution in [2.24, 2.45) is 10.9 Å². The quantitative estimate of drug-likeness (QED) is 0.388. The van der Waals surface area contributed by atoms with E-state index in [-0.39, 0.29) is 24.0 Å². The van der Waals surface area contributed by atoms with Crippen LogP contribution < -0.4 is 15.5 Å². The number of halogens is 1. The average molecular weight is 458 g/mol. The summed E-state index contributed by atoms with van der Waals surface area (Å²) < 4.78 is 0. The molecule has 0 atom stereocenters. The number of aliphatic imine (C=N–C) groups is 1. The van der Waals surface area contributed by atoms with Gasteiger partial charge in [0, 0.05) is 52.5 Å². The predicted molar refractivity (Wildman–Crippen MR) is 115 cm³/mol. The van der Waals surface area contributed by atoms with Gasteiger partial charge in [-0.2, -0.15) is 0 Å². The average Bonchev–Trinajstić information content (AvgIpc) is 3.47. The van der Waals surface area contributed by atoms with Crippen molar-refractivity contribution in [3.63, 3.8) is 0 Å². The lowest BCUT2D eigenvalue weighted by Gasteiger charge is -2.34. The Morgan fingerprint density at radius 1 is 1.20 bits per heavy atom. The lowest BCUT2D eigenvalue weighted by Crippen LogP contribution is -2.46. The van der Waals surface area contributed by atoms with Gasteiger partial charge >= 0.3 is 0 Å². The lowest BCUT2D eigenvalue weighted by molar-refractivity contribution is 0.270. The molecule has 0 bridgehead atoms. The molecule has 7 heteroatoms. The first-order valence-electron chi connectivity index (χ1n) is 9.15. The van der Waals surface area contributed by atoms with Gasteiger partial charge in [-0.25, -0.2) is 4.98 Å². The minimum absolute atomic E-state index is 0. The molecule has 1 aromatic heterocycles. The zero-order valence-electron chi connectivity index (χ0n) is 15.4. The lowest BCUT2D eigenvalue weighted by atomic mass is 10.2. The van der Waals surface area contributed by atoms with Crippen molar-refractivity contribution < 1.29 is 0 Å². The van der Waals surface area contributed by atoms with Crippen molar-refractivity contribution in [2.45, 2.75) is 26.3 Å². The Balaban J connectivity index is 0.00000225. The summed E-state index contributed by atoms with van der Waals surface area (Å²) in [6, 6.07) is 4.30. The van der Waals surface area contributed by atoms with E-state index in [2.05, 4.69) is 49.5 Å². The Morgan fingerprint density at radius 3 is 2.52 bits per heavy atom. The molecule has 2 N–H and O–H groups in total. The van der Waals surface area contributed by atoms with Gasteiger partial charge < -0.3 is 20.4 Å². The molecule has 2 aliphatic rings. The minimum Gasteiger partial charge on any atom is -0.356 e. The Kier molecular flexibility index (Phi) is 8.21. The second kappa shape index (κ2) is 10.2. The number of nitrogens with zero attached hydrogens (tertiary/aromatic N) is 4. The summed E-state index contributed by atoms with van der Waals surface area (Å²) in [5, 5.41) is 6.74. The van der Waals surface area contributed by atoms with Crippen molar-refractivity contribution >= 4 is 35.8 Å². The highest BCUT2D eigenvalue weighted by molar-refractivity contribution is 14.0. The van der Waals surface area contributed by atoms with Crippen LogP contribution in [0.1, 0.15) is 25.3 Å². The second-order valence-electron chi connectivity index (χ2n) is 6.70. The molecule has 1 saturated heterocycles. The number of piperazine rings is 1. The predicted octanol–water partition coefficient (Wildman–Crippen LogP) is 1.92. The molecule has 1 aliphatic carbocycles. The van der Waals surface area contributed by atoms with Gasteiger partial charge in [-0.1, -0.05) is 13.0 Å². The highest BCUT2D eigenvalue weighted by Gasteiger charge is 2.21. The van der Waals surface area contributed by atoms with E-state index >= 15 is 0 Å². The highest BCUT2D eigenvalue weighted by atomic mass is 127. The van der Waals surface area contributed by atoms with Gasteiger partial charge in [0.2, 0.25) is 0 Å². The van der Waals surface area contributed by atoms with E-state index in [0.29, 0.717) is 0 Å². The van der Waals surface area contributed by atoms with Gasteiger partial charge in [0.15, 0.2) is 5.96 Å². The summed E-state index contributed by atoms with van der Waals surface area (Å²) in [6.45, 7) is 9.54. The molecule has 3 rings (SSSR count). The first kappa shape index (κ1) is 20.2. The van der Waals surface area contributed by atoms with Crippen LogP contribution in [0.3, 0.4) is 0 Å². The molecule has 2 heterocycles. The molecular formula is C18H31IN6. The Bertz CT molecular complexity index is 535. The number of guanidine groups is 1. The summed E-state index contributed by atoms with van der Waals surface area (Å²) in [6.07, 6.45) is 4.67. The Morgan fingerprint density at radius 2 is 1.96 bits per heavy atom. The van der Waals surface area contributed by atoms with Gasteiger partial charge in [-0.05, 0) is 36.9 Å². The molecular weight excluding hydrogens is 427 g/mol. The van der Waals surface area contributed by atoms with Crippen LogP contribution in [-0.4, -0.2) is 62.2 Å². The van der Waals surface area contributed by atoms with Crippen molar-refractivity contribution in [1.29, 1.82) is 0 Å². The van der Waals surface area contributed by atoms with Crippen LogP contribution in [0.25, 0.3) is 0 Å². The molecule has 0 radical (unpaired) electrons. The fraction of sp³-hybridized carbons (Fsp3) is 0.667. The second-order valence-corrected chi connectivity index (χ2v) is 6.70. The third kappa shape index (κ3) is 6.29. The zero-order chi connectivity index (χ0) is 16.8. The molecule has 140 valence electrons. The van der Waals surface area contributed by atoms with Crippen LogP contribution in [0.4, 0.5) is 5.82 Å². The molecule has 1 aliphatic heterocycles. The van der Waals surface area contributed by atoms with Crippen molar-refractivity contribution in [1.82, 2.24) is 20.5 Å². The van der Waals surface area contributed by atoms with E-state index in [9.17, 15) is 0 Å². The molecule has 2 fully saturated rings. The minimum atomic E-state index is 0. The molecule has 6 nitrogen and oxygen atoms in total. The van der Waals surface area contributed by atoms with E-state index in [0.717, 1.165) is 63.5 Å². The molecule has 0 amide bonds. The monoisotopic (exact) mass is 458 g/mol. The van der Waals surface area contributed by atoms with Gasteiger partial charge in [0.1, 0.15) is 5.82 Å². The van der Waals surface area contributed by atoms with Crippen LogP contribution in [-0.2, 0) is 6.54 Å². The maximum atomic E-state index is 4.65. The highest BCUT2D eigenvalue weighted by Crippen LogP contribution is 2.27. The van der Waals surface area contributed by atoms with E-state index in [4.69, 9.17) is 0 Å². The van der Waals surface area contributed by atoms with Crippen LogP contribution in [0.15, 0.2) is 23.3 Å². The number of likely N-dealkylation sites (N-methyl/N-ethyl adjacent to an activating group) is 1. The normalized spacial score (nSPS) is 18.6. The maximum absolute atomic E-state index is 4.65. The van der Waals surface area contributed by atoms with Crippen molar-refractivity contribution in [3.8, 4) is 0 Å². The van der Waals surface area contributed by atoms with Crippen LogP contribution in [0.5, 0.6) is 0 Å². The first-order chi connectivity index (χ1) is 11.8. The Labute approximate surface area is 168 Å². The fourth-order valence-electron chi connectivity index (χ4n) is 2.97. The Hall–Kier alpha value is -1.09. The maximum Gasteiger partial charge on any atom is 0.191 e. The number of rotatable bonds is 6. The SMILES string of the molecule is CCN1CCN(c2ccc(CNC(=NC)NCC3CC3)cn2)CC1.I. The van der Waals surface area contributed by atoms with Gasteiger partial charge in [0.25, 0.3) is 0 Å². The van der Waals surface area contributed by atoms with Crippen molar-refractivity contribution in [3.05, 3.63) is 23.9 Å². The standard InChI is InChI=1S/C18H30N6.HI/c1-3-23-8-10-24(11-9-23)17-7-6-16(13-20-17)14-22-18(19-2)21-12-15-4-5-15;/h6-7,13,15H,3-5,8-12,14H2,1-2H3,(H2,19,21,22);1H. The van der Waals surface area contributed by atoms with E-state index in [1.807, 2.05) is 13.2 Å². The third-order valence-electron chi connectivity index (χ3n) is 4.89. The number of anilines is 1. The summed E-state index contributed by atoms with van der Waals surface area (Å²) in [7, 11) is 1.82. The first-order valence-corrected chi connectivity index (χ1v) is 9.15. The molecule has 25 heavy (non-hydrogen) atoms.